The van der Waals surface area contributed by atoms with E-state index in [4.69, 9.17) is 18.9 Å². The quantitative estimate of drug-likeness (QED) is 0.541. The Hall–Kier alpha value is 0.570. The standard InChI is InChI=1S/C5H9IO4/c1-7-3-4(8-2)10-5(6)9-3/h3-5H,1-2H3. The first kappa shape index (κ1) is 8.66. The van der Waals surface area contributed by atoms with Gasteiger partial charge in [-0.15, -0.1) is 0 Å². The molecule has 1 fully saturated rings. The number of hydrogen-bond acceptors (Lipinski definition) is 4. The Kier molecular flexibility index (Phi) is 3.31. The molecule has 0 aromatic rings. The van der Waals surface area contributed by atoms with E-state index in [1.165, 1.54) is 0 Å². The van der Waals surface area contributed by atoms with E-state index in [1.54, 1.807) is 14.2 Å². The molecule has 0 N–H and O–H groups in total. The first-order valence-corrected chi connectivity index (χ1v) is 4.03. The minimum atomic E-state index is -0.396. The molecule has 1 saturated heterocycles. The van der Waals surface area contributed by atoms with Gasteiger partial charge in [0.05, 0.1) is 0 Å². The molecular weight excluding hydrogens is 251 g/mol. The lowest BCUT2D eigenvalue weighted by Gasteiger charge is -2.11. The Morgan fingerprint density at radius 2 is 1.50 bits per heavy atom. The highest BCUT2D eigenvalue weighted by atomic mass is 127. The Bertz CT molecular complexity index is 97.8. The number of alkyl halides is 1. The second-order valence-corrected chi connectivity index (χ2v) is 2.77. The summed E-state index contributed by atoms with van der Waals surface area (Å²) in [7, 11) is 3.10. The van der Waals surface area contributed by atoms with Crippen LogP contribution in [-0.2, 0) is 18.9 Å². The van der Waals surface area contributed by atoms with E-state index in [0.717, 1.165) is 0 Å². The Morgan fingerprint density at radius 3 is 1.80 bits per heavy atom. The van der Waals surface area contributed by atoms with Gasteiger partial charge in [0.25, 0.3) is 0 Å². The maximum absolute atomic E-state index is 5.13. The highest BCUT2D eigenvalue weighted by Gasteiger charge is 2.34. The smallest absolute Gasteiger partial charge is 0.216 e. The molecule has 1 aliphatic rings. The topological polar surface area (TPSA) is 36.9 Å². The van der Waals surface area contributed by atoms with E-state index in [1.807, 2.05) is 22.6 Å². The maximum atomic E-state index is 5.13. The van der Waals surface area contributed by atoms with Crippen molar-refractivity contribution in [2.45, 2.75) is 16.9 Å². The van der Waals surface area contributed by atoms with Crippen molar-refractivity contribution < 1.29 is 18.9 Å². The summed E-state index contributed by atoms with van der Waals surface area (Å²) < 4.78 is 19.8. The van der Waals surface area contributed by atoms with Crippen LogP contribution in [0.15, 0.2) is 0 Å². The first-order chi connectivity index (χ1) is 4.77. The van der Waals surface area contributed by atoms with Gasteiger partial charge in [-0.2, -0.15) is 0 Å². The van der Waals surface area contributed by atoms with E-state index >= 15 is 0 Å². The van der Waals surface area contributed by atoms with Crippen LogP contribution in [0.2, 0.25) is 0 Å². The molecule has 0 amide bonds. The van der Waals surface area contributed by atoms with Gasteiger partial charge in [-0.25, -0.2) is 0 Å². The average molecular weight is 260 g/mol. The van der Waals surface area contributed by atoms with Gasteiger partial charge in [0.15, 0.2) is 0 Å². The number of rotatable bonds is 2. The molecule has 4 nitrogen and oxygen atoms in total. The van der Waals surface area contributed by atoms with Crippen molar-refractivity contribution in [2.75, 3.05) is 14.2 Å². The zero-order chi connectivity index (χ0) is 7.56. The van der Waals surface area contributed by atoms with E-state index in [-0.39, 0.29) is 4.30 Å². The molecule has 1 rings (SSSR count). The van der Waals surface area contributed by atoms with Crippen LogP contribution >= 0.6 is 22.6 Å². The van der Waals surface area contributed by atoms with E-state index < -0.39 is 12.6 Å². The molecule has 2 atom stereocenters. The number of hydrogen-bond donors (Lipinski definition) is 0. The lowest BCUT2D eigenvalue weighted by Crippen LogP contribution is -2.25. The molecule has 2 unspecified atom stereocenters. The summed E-state index contributed by atoms with van der Waals surface area (Å²) in [6.07, 6.45) is -0.793. The largest absolute Gasteiger partial charge is 0.351 e. The van der Waals surface area contributed by atoms with Gasteiger partial charge in [0.1, 0.15) is 0 Å². The SMILES string of the molecule is COC1OC(I)OC1OC. The Balaban J connectivity index is 2.41. The summed E-state index contributed by atoms with van der Waals surface area (Å²) in [6.45, 7) is 0. The van der Waals surface area contributed by atoms with E-state index in [0.29, 0.717) is 0 Å². The zero-order valence-corrected chi connectivity index (χ0v) is 7.90. The fourth-order valence-corrected chi connectivity index (χ4v) is 1.28. The second-order valence-electron chi connectivity index (χ2n) is 1.75. The number of ether oxygens (including phenoxy) is 4. The highest BCUT2D eigenvalue weighted by molar-refractivity contribution is 14.1. The molecule has 0 aromatic carbocycles. The van der Waals surface area contributed by atoms with Gasteiger partial charge in [0.2, 0.25) is 16.9 Å². The van der Waals surface area contributed by atoms with Crippen LogP contribution in [0.5, 0.6) is 0 Å². The number of methoxy groups -OCH3 is 2. The molecule has 60 valence electrons. The fourth-order valence-electron chi connectivity index (χ4n) is 0.705. The molecular formula is C5H9IO4. The van der Waals surface area contributed by atoms with Crippen LogP contribution in [0.1, 0.15) is 0 Å². The maximum Gasteiger partial charge on any atom is 0.216 e. The third kappa shape index (κ3) is 1.79. The molecule has 1 heterocycles. The normalized spacial score (nSPS) is 40.5. The first-order valence-electron chi connectivity index (χ1n) is 2.78. The minimum absolute atomic E-state index is 0.271. The predicted molar refractivity (Wildman–Crippen MR) is 41.6 cm³/mol. The molecule has 0 bridgehead atoms. The minimum Gasteiger partial charge on any atom is -0.351 e. The van der Waals surface area contributed by atoms with Gasteiger partial charge in [0, 0.05) is 14.2 Å². The summed E-state index contributed by atoms with van der Waals surface area (Å²) in [4.78, 5) is 0. The van der Waals surface area contributed by atoms with Gasteiger partial charge in [-0.05, 0) is 22.6 Å². The van der Waals surface area contributed by atoms with Gasteiger partial charge < -0.3 is 18.9 Å². The van der Waals surface area contributed by atoms with Gasteiger partial charge in [-0.1, -0.05) is 0 Å². The van der Waals surface area contributed by atoms with Crippen LogP contribution in [0.4, 0.5) is 0 Å². The van der Waals surface area contributed by atoms with E-state index in [2.05, 4.69) is 0 Å². The van der Waals surface area contributed by atoms with Crippen molar-refractivity contribution in [3.05, 3.63) is 0 Å². The van der Waals surface area contributed by atoms with Crippen molar-refractivity contribution >= 4 is 22.6 Å². The van der Waals surface area contributed by atoms with Gasteiger partial charge in [-0.3, -0.25) is 0 Å². The Morgan fingerprint density at radius 1 is 1.10 bits per heavy atom. The molecule has 10 heavy (non-hydrogen) atoms. The monoisotopic (exact) mass is 260 g/mol. The van der Waals surface area contributed by atoms with Crippen LogP contribution in [0.3, 0.4) is 0 Å². The average Bonchev–Trinajstić information content (AvgIpc) is 2.30. The van der Waals surface area contributed by atoms with Gasteiger partial charge >= 0.3 is 0 Å². The van der Waals surface area contributed by atoms with Crippen LogP contribution < -0.4 is 0 Å². The third-order valence-corrected chi connectivity index (χ3v) is 1.76. The van der Waals surface area contributed by atoms with Crippen LogP contribution in [-0.4, -0.2) is 31.1 Å². The Labute approximate surface area is 72.9 Å². The van der Waals surface area contributed by atoms with Crippen LogP contribution in [0.25, 0.3) is 0 Å². The molecule has 0 spiro atoms. The van der Waals surface area contributed by atoms with Crippen molar-refractivity contribution in [1.29, 1.82) is 0 Å². The lowest BCUT2D eigenvalue weighted by atomic mass is 10.6. The molecule has 0 radical (unpaired) electrons. The van der Waals surface area contributed by atoms with Crippen molar-refractivity contribution in [1.82, 2.24) is 0 Å². The van der Waals surface area contributed by atoms with Crippen LogP contribution in [0, 0.1) is 0 Å². The molecule has 5 heteroatoms. The summed E-state index contributed by atoms with van der Waals surface area (Å²) in [6, 6.07) is 0. The van der Waals surface area contributed by atoms with E-state index in [9.17, 15) is 0 Å². The fraction of sp³-hybridized carbons (Fsp3) is 1.00. The summed E-state index contributed by atoms with van der Waals surface area (Å²) in [5, 5.41) is 0. The second kappa shape index (κ2) is 3.82. The molecule has 1 aliphatic heterocycles. The summed E-state index contributed by atoms with van der Waals surface area (Å²) >= 11 is 2.00. The predicted octanol–water partition coefficient (Wildman–Crippen LogP) is 0.697. The van der Waals surface area contributed by atoms with Crippen molar-refractivity contribution in [3.8, 4) is 0 Å². The summed E-state index contributed by atoms with van der Waals surface area (Å²) in [5.74, 6) is 0. The number of halogens is 1. The molecule has 0 aromatic heterocycles. The van der Waals surface area contributed by atoms with Crippen molar-refractivity contribution in [2.24, 2.45) is 0 Å². The summed E-state index contributed by atoms with van der Waals surface area (Å²) in [5.41, 5.74) is 0. The lowest BCUT2D eigenvalue weighted by molar-refractivity contribution is -0.166. The highest BCUT2D eigenvalue weighted by Crippen LogP contribution is 2.23. The van der Waals surface area contributed by atoms with Crippen molar-refractivity contribution in [3.63, 3.8) is 0 Å². The third-order valence-electron chi connectivity index (χ3n) is 1.17. The molecule has 0 saturated carbocycles. The zero-order valence-electron chi connectivity index (χ0n) is 5.74. The molecule has 0 aliphatic carbocycles.